The van der Waals surface area contributed by atoms with Crippen LogP contribution in [0.25, 0.3) is 11.3 Å². The molecule has 190 valence electrons. The Morgan fingerprint density at radius 1 is 1.06 bits per heavy atom. The summed E-state index contributed by atoms with van der Waals surface area (Å²) in [6.07, 6.45) is 5.39. The van der Waals surface area contributed by atoms with E-state index >= 15 is 0 Å². The average molecular weight is 511 g/mol. The summed E-state index contributed by atoms with van der Waals surface area (Å²) < 4.78 is 13.5. The number of amides is 1. The van der Waals surface area contributed by atoms with Crippen LogP contribution in [0.2, 0.25) is 5.02 Å². The molecule has 3 N–H and O–H groups in total. The third-order valence-corrected chi connectivity index (χ3v) is 6.45. The lowest BCUT2D eigenvalue weighted by molar-refractivity contribution is -0.122. The maximum absolute atomic E-state index is 13.5. The molecule has 3 aromatic rings. The van der Waals surface area contributed by atoms with Gasteiger partial charge in [0, 0.05) is 30.4 Å². The summed E-state index contributed by atoms with van der Waals surface area (Å²) in [5, 5.41) is 10.4. The summed E-state index contributed by atoms with van der Waals surface area (Å²) in [7, 11) is 3.78. The van der Waals surface area contributed by atoms with Gasteiger partial charge in [-0.15, -0.1) is 0 Å². The quantitative estimate of drug-likeness (QED) is 0.378. The summed E-state index contributed by atoms with van der Waals surface area (Å²) >= 11 is 6.48. The summed E-state index contributed by atoms with van der Waals surface area (Å²) in [6, 6.07) is 14.6. The molecule has 4 rings (SSSR count). The van der Waals surface area contributed by atoms with Crippen molar-refractivity contribution in [3.63, 3.8) is 0 Å². The molecule has 1 fully saturated rings. The molecule has 0 atom stereocenters. The van der Waals surface area contributed by atoms with Crippen molar-refractivity contribution < 1.29 is 9.18 Å². The first kappa shape index (κ1) is 25.9. The number of carbonyl (C=O) groups is 1. The smallest absolute Gasteiger partial charge is 0.234 e. The van der Waals surface area contributed by atoms with Gasteiger partial charge in [-0.05, 0) is 75.7 Å². The van der Waals surface area contributed by atoms with Crippen molar-refractivity contribution in [2.24, 2.45) is 0 Å². The first-order valence-electron chi connectivity index (χ1n) is 12.2. The first-order valence-corrected chi connectivity index (χ1v) is 12.6. The van der Waals surface area contributed by atoms with Crippen LogP contribution in [0, 0.1) is 5.82 Å². The van der Waals surface area contributed by atoms with Crippen molar-refractivity contribution in [1.82, 2.24) is 20.2 Å². The molecule has 1 saturated carbocycles. The summed E-state index contributed by atoms with van der Waals surface area (Å²) in [5.41, 5.74) is 2.35. The Labute approximate surface area is 216 Å². The first-order chi connectivity index (χ1) is 17.4. The number of benzene rings is 1. The van der Waals surface area contributed by atoms with Gasteiger partial charge >= 0.3 is 0 Å². The molecule has 36 heavy (non-hydrogen) atoms. The van der Waals surface area contributed by atoms with Crippen LogP contribution in [-0.2, 0) is 11.3 Å². The summed E-state index contributed by atoms with van der Waals surface area (Å²) in [4.78, 5) is 23.1. The molecule has 1 amide bonds. The third-order valence-electron chi connectivity index (χ3n) is 6.15. The zero-order valence-electron chi connectivity index (χ0n) is 20.6. The van der Waals surface area contributed by atoms with Crippen LogP contribution >= 0.6 is 11.6 Å². The number of rotatable bonds is 9. The molecule has 9 heteroatoms. The predicted molar refractivity (Wildman–Crippen MR) is 143 cm³/mol. The Morgan fingerprint density at radius 3 is 2.56 bits per heavy atom. The van der Waals surface area contributed by atoms with E-state index in [1.165, 1.54) is 12.1 Å². The molecule has 0 spiro atoms. The van der Waals surface area contributed by atoms with Crippen LogP contribution in [0.15, 0.2) is 54.7 Å². The predicted octanol–water partition coefficient (Wildman–Crippen LogP) is 4.95. The standard InChI is InChI=1S/C27H32ClFN6O/c1-35(2)17-27(36)33-21-11-9-20(10-12-21)32-26-14-22(23(28)16-31-26)24-7-4-8-25(34-24)30-15-18-5-3-6-19(29)13-18/h3-8,13-14,16,20-21H,9-12,15,17H2,1-2H3,(H,30,34)(H,31,32)(H,33,36). The number of aromatic nitrogens is 2. The highest BCUT2D eigenvalue weighted by Gasteiger charge is 2.23. The van der Waals surface area contributed by atoms with E-state index in [9.17, 15) is 9.18 Å². The number of carbonyl (C=O) groups excluding carboxylic acids is 1. The van der Waals surface area contributed by atoms with Crippen LogP contribution in [0.4, 0.5) is 16.0 Å². The van der Waals surface area contributed by atoms with Crippen molar-refractivity contribution in [2.45, 2.75) is 44.3 Å². The van der Waals surface area contributed by atoms with Gasteiger partial charge in [0.15, 0.2) is 0 Å². The van der Waals surface area contributed by atoms with Crippen LogP contribution in [0.1, 0.15) is 31.2 Å². The molecule has 1 aromatic carbocycles. The molecule has 0 unspecified atom stereocenters. The van der Waals surface area contributed by atoms with Gasteiger partial charge in [0.25, 0.3) is 0 Å². The van der Waals surface area contributed by atoms with Gasteiger partial charge in [0.1, 0.15) is 17.5 Å². The van der Waals surface area contributed by atoms with E-state index in [-0.39, 0.29) is 23.8 Å². The number of nitrogens with one attached hydrogen (secondary N) is 3. The van der Waals surface area contributed by atoms with Crippen LogP contribution < -0.4 is 16.0 Å². The number of pyridine rings is 2. The SMILES string of the molecule is CN(C)CC(=O)NC1CCC(Nc2cc(-c3cccc(NCc4cccc(F)c4)n3)c(Cl)cn2)CC1. The Morgan fingerprint density at radius 2 is 1.81 bits per heavy atom. The second kappa shape index (κ2) is 12.1. The van der Waals surface area contributed by atoms with Gasteiger partial charge in [-0.1, -0.05) is 29.8 Å². The van der Waals surface area contributed by atoms with E-state index in [1.807, 2.05) is 49.3 Å². The molecule has 2 aromatic heterocycles. The zero-order chi connectivity index (χ0) is 25.5. The fourth-order valence-corrected chi connectivity index (χ4v) is 4.59. The second-order valence-electron chi connectivity index (χ2n) is 9.44. The van der Waals surface area contributed by atoms with Crippen molar-refractivity contribution >= 4 is 29.1 Å². The fraction of sp³-hybridized carbons (Fsp3) is 0.370. The largest absolute Gasteiger partial charge is 0.367 e. The topological polar surface area (TPSA) is 82.2 Å². The van der Waals surface area contributed by atoms with Crippen LogP contribution in [0.5, 0.6) is 0 Å². The Bertz CT molecular complexity index is 1180. The molecule has 2 heterocycles. The average Bonchev–Trinajstić information content (AvgIpc) is 2.85. The maximum atomic E-state index is 13.5. The third kappa shape index (κ3) is 7.38. The lowest BCUT2D eigenvalue weighted by atomic mass is 9.91. The summed E-state index contributed by atoms with van der Waals surface area (Å²) in [5.74, 6) is 1.23. The molecule has 1 aliphatic rings. The summed E-state index contributed by atoms with van der Waals surface area (Å²) in [6.45, 7) is 0.870. The van der Waals surface area contributed by atoms with Crippen LogP contribution in [0.3, 0.4) is 0 Å². The minimum atomic E-state index is -0.262. The van der Waals surface area contributed by atoms with Crippen molar-refractivity contribution in [2.75, 3.05) is 31.3 Å². The lowest BCUT2D eigenvalue weighted by Crippen LogP contribution is -2.43. The second-order valence-corrected chi connectivity index (χ2v) is 9.85. The molecule has 1 aliphatic carbocycles. The number of hydrogen-bond acceptors (Lipinski definition) is 6. The maximum Gasteiger partial charge on any atom is 0.234 e. The van der Waals surface area contributed by atoms with E-state index in [2.05, 4.69) is 20.9 Å². The number of nitrogens with zero attached hydrogens (tertiary/aromatic N) is 3. The molecule has 0 saturated heterocycles. The lowest BCUT2D eigenvalue weighted by Gasteiger charge is -2.30. The minimum Gasteiger partial charge on any atom is -0.367 e. The monoisotopic (exact) mass is 510 g/mol. The molecule has 0 bridgehead atoms. The number of anilines is 2. The molecule has 0 aliphatic heterocycles. The van der Waals surface area contributed by atoms with Crippen LogP contribution in [-0.4, -0.2) is 53.5 Å². The fourth-order valence-electron chi connectivity index (χ4n) is 4.39. The highest BCUT2D eigenvalue weighted by atomic mass is 35.5. The van der Waals surface area contributed by atoms with E-state index in [4.69, 9.17) is 16.6 Å². The molecular weight excluding hydrogens is 479 g/mol. The van der Waals surface area contributed by atoms with E-state index in [1.54, 1.807) is 12.3 Å². The minimum absolute atomic E-state index is 0.0700. The normalized spacial score (nSPS) is 17.6. The number of halogens is 2. The molecular formula is C27H32ClFN6O. The van der Waals surface area contributed by atoms with Crippen molar-refractivity contribution in [1.29, 1.82) is 0 Å². The van der Waals surface area contributed by atoms with Crippen molar-refractivity contribution in [3.05, 3.63) is 71.1 Å². The van der Waals surface area contributed by atoms with Gasteiger partial charge in [-0.25, -0.2) is 14.4 Å². The van der Waals surface area contributed by atoms with Gasteiger partial charge in [-0.2, -0.15) is 0 Å². The van der Waals surface area contributed by atoms with E-state index < -0.39 is 0 Å². The number of hydrogen-bond donors (Lipinski definition) is 3. The van der Waals surface area contributed by atoms with Gasteiger partial charge in [-0.3, -0.25) is 4.79 Å². The molecule has 0 radical (unpaired) electrons. The highest BCUT2D eigenvalue weighted by Crippen LogP contribution is 2.30. The zero-order valence-corrected chi connectivity index (χ0v) is 21.4. The van der Waals surface area contributed by atoms with Gasteiger partial charge in [0.05, 0.1) is 17.3 Å². The number of likely N-dealkylation sites (N-methyl/N-ethyl adjacent to an activating group) is 1. The van der Waals surface area contributed by atoms with E-state index in [0.717, 1.165) is 48.3 Å². The Hall–Kier alpha value is -3.23. The van der Waals surface area contributed by atoms with Crippen molar-refractivity contribution in [3.8, 4) is 11.3 Å². The van der Waals surface area contributed by atoms with Gasteiger partial charge < -0.3 is 20.9 Å². The molecule has 7 nitrogen and oxygen atoms in total. The highest BCUT2D eigenvalue weighted by molar-refractivity contribution is 6.33. The van der Waals surface area contributed by atoms with Gasteiger partial charge in [0.2, 0.25) is 5.91 Å². The Kier molecular flexibility index (Phi) is 8.72. The van der Waals surface area contributed by atoms with E-state index in [0.29, 0.717) is 23.9 Å². The Balaban J connectivity index is 1.36.